The fourth-order valence-electron chi connectivity index (χ4n) is 1.67. The Morgan fingerprint density at radius 1 is 1.37 bits per heavy atom. The quantitative estimate of drug-likeness (QED) is 0.741. The van der Waals surface area contributed by atoms with Crippen molar-refractivity contribution < 1.29 is 19.0 Å². The van der Waals surface area contributed by atoms with Crippen LogP contribution in [-0.2, 0) is 14.3 Å². The Hall–Kier alpha value is -1.08. The number of benzene rings is 1. The highest BCUT2D eigenvalue weighted by molar-refractivity contribution is 9.11. The van der Waals surface area contributed by atoms with Crippen molar-refractivity contribution >= 4 is 43.7 Å². The summed E-state index contributed by atoms with van der Waals surface area (Å²) in [5, 5.41) is 0. The molecule has 0 saturated carbocycles. The SMILES string of the molecule is COC(=O)[C@H]1COC(c2cc(Br)c(OC)c(Br)c2)=N1. The number of halogens is 2. The molecule has 0 spiro atoms. The summed E-state index contributed by atoms with van der Waals surface area (Å²) < 4.78 is 16.8. The van der Waals surface area contributed by atoms with E-state index in [1.165, 1.54) is 7.11 Å². The fraction of sp³-hybridized carbons (Fsp3) is 0.333. The van der Waals surface area contributed by atoms with Gasteiger partial charge in [-0.25, -0.2) is 9.79 Å². The van der Waals surface area contributed by atoms with Crippen LogP contribution in [0.2, 0.25) is 0 Å². The number of hydrogen-bond acceptors (Lipinski definition) is 5. The summed E-state index contributed by atoms with van der Waals surface area (Å²) in [5.74, 6) is 0.702. The van der Waals surface area contributed by atoms with E-state index in [1.807, 2.05) is 12.1 Å². The van der Waals surface area contributed by atoms with Crippen LogP contribution in [0.3, 0.4) is 0 Å². The van der Waals surface area contributed by atoms with Crippen LogP contribution in [0.1, 0.15) is 5.56 Å². The van der Waals surface area contributed by atoms with Crippen molar-refractivity contribution in [2.24, 2.45) is 4.99 Å². The average Bonchev–Trinajstić information content (AvgIpc) is 2.87. The third-order valence-corrected chi connectivity index (χ3v) is 3.75. The largest absolute Gasteiger partial charge is 0.494 e. The maximum Gasteiger partial charge on any atom is 0.334 e. The van der Waals surface area contributed by atoms with E-state index >= 15 is 0 Å². The summed E-state index contributed by atoms with van der Waals surface area (Å²) in [6.07, 6.45) is 0. The molecule has 19 heavy (non-hydrogen) atoms. The molecule has 0 N–H and O–H groups in total. The number of ether oxygens (including phenoxy) is 3. The molecule has 0 fully saturated rings. The number of rotatable bonds is 3. The minimum Gasteiger partial charge on any atom is -0.494 e. The molecule has 102 valence electrons. The normalized spacial score (nSPS) is 17.7. The molecule has 1 heterocycles. The summed E-state index contributed by atoms with van der Waals surface area (Å²) in [6, 6.07) is 3.05. The van der Waals surface area contributed by atoms with Crippen LogP contribution >= 0.6 is 31.9 Å². The lowest BCUT2D eigenvalue weighted by Gasteiger charge is -2.08. The smallest absolute Gasteiger partial charge is 0.334 e. The zero-order chi connectivity index (χ0) is 14.0. The molecule has 1 aromatic rings. The molecule has 5 nitrogen and oxygen atoms in total. The van der Waals surface area contributed by atoms with Gasteiger partial charge in [0.15, 0.2) is 6.04 Å². The number of nitrogens with zero attached hydrogens (tertiary/aromatic N) is 1. The lowest BCUT2D eigenvalue weighted by molar-refractivity contribution is -0.142. The highest BCUT2D eigenvalue weighted by Crippen LogP contribution is 2.35. The number of aliphatic imine (C=N–C) groups is 1. The van der Waals surface area contributed by atoms with Crippen LogP contribution < -0.4 is 4.74 Å². The van der Waals surface area contributed by atoms with E-state index in [0.717, 1.165) is 14.5 Å². The van der Waals surface area contributed by atoms with Crippen LogP contribution in [0, 0.1) is 0 Å². The molecule has 0 radical (unpaired) electrons. The second-order valence-electron chi connectivity index (χ2n) is 3.76. The Morgan fingerprint density at radius 3 is 2.53 bits per heavy atom. The Morgan fingerprint density at radius 2 is 2.00 bits per heavy atom. The van der Waals surface area contributed by atoms with Crippen LogP contribution in [0.15, 0.2) is 26.1 Å². The van der Waals surface area contributed by atoms with Crippen molar-refractivity contribution in [1.82, 2.24) is 0 Å². The number of esters is 1. The molecule has 0 bridgehead atoms. The first-order chi connectivity index (χ1) is 9.06. The van der Waals surface area contributed by atoms with Crippen LogP contribution in [0.5, 0.6) is 5.75 Å². The molecular weight excluding hydrogens is 382 g/mol. The zero-order valence-corrected chi connectivity index (χ0v) is 13.4. The van der Waals surface area contributed by atoms with Gasteiger partial charge in [-0.1, -0.05) is 0 Å². The number of carbonyl (C=O) groups is 1. The predicted molar refractivity (Wildman–Crippen MR) is 76.7 cm³/mol. The third kappa shape index (κ3) is 2.92. The number of methoxy groups -OCH3 is 2. The molecule has 0 amide bonds. The Labute approximate surface area is 127 Å². The highest BCUT2D eigenvalue weighted by atomic mass is 79.9. The van der Waals surface area contributed by atoms with Gasteiger partial charge >= 0.3 is 5.97 Å². The number of carbonyl (C=O) groups excluding carboxylic acids is 1. The topological polar surface area (TPSA) is 57.1 Å². The fourth-order valence-corrected chi connectivity index (χ4v) is 3.18. The third-order valence-electron chi connectivity index (χ3n) is 2.57. The minimum atomic E-state index is -0.598. The van der Waals surface area contributed by atoms with E-state index in [1.54, 1.807) is 7.11 Å². The first-order valence-corrected chi connectivity index (χ1v) is 6.97. The molecule has 1 aliphatic rings. The van der Waals surface area contributed by atoms with Crippen molar-refractivity contribution in [1.29, 1.82) is 0 Å². The molecule has 2 rings (SSSR count). The summed E-state index contributed by atoms with van der Waals surface area (Å²) in [6.45, 7) is 0.198. The molecule has 0 aliphatic carbocycles. The minimum absolute atomic E-state index is 0.198. The van der Waals surface area contributed by atoms with Crippen LogP contribution in [-0.4, -0.2) is 38.7 Å². The second-order valence-corrected chi connectivity index (χ2v) is 5.47. The van der Waals surface area contributed by atoms with Gasteiger partial charge in [0.1, 0.15) is 12.4 Å². The molecular formula is C12H11Br2NO4. The first kappa shape index (κ1) is 14.3. The maximum atomic E-state index is 11.4. The summed E-state index contributed by atoms with van der Waals surface area (Å²) in [5.41, 5.74) is 0.756. The van der Waals surface area contributed by atoms with Crippen LogP contribution in [0.25, 0.3) is 0 Å². The molecule has 7 heteroatoms. The van der Waals surface area contributed by atoms with Gasteiger partial charge < -0.3 is 14.2 Å². The van der Waals surface area contributed by atoms with Crippen molar-refractivity contribution in [3.8, 4) is 5.75 Å². The van der Waals surface area contributed by atoms with Gasteiger partial charge in [0.05, 0.1) is 23.2 Å². The van der Waals surface area contributed by atoms with Gasteiger partial charge in [-0.2, -0.15) is 0 Å². The second kappa shape index (κ2) is 5.92. The van der Waals surface area contributed by atoms with Gasteiger partial charge in [-0.3, -0.25) is 0 Å². The van der Waals surface area contributed by atoms with Crippen molar-refractivity contribution in [3.63, 3.8) is 0 Å². The predicted octanol–water partition coefficient (Wildman–Crippen LogP) is 2.54. The van der Waals surface area contributed by atoms with Crippen molar-refractivity contribution in [3.05, 3.63) is 26.6 Å². The van der Waals surface area contributed by atoms with E-state index < -0.39 is 12.0 Å². The van der Waals surface area contributed by atoms with Gasteiger partial charge in [0, 0.05) is 5.56 Å². The van der Waals surface area contributed by atoms with Gasteiger partial charge in [0.25, 0.3) is 0 Å². The summed E-state index contributed by atoms with van der Waals surface area (Å²) in [4.78, 5) is 15.6. The van der Waals surface area contributed by atoms with Gasteiger partial charge in [0.2, 0.25) is 5.90 Å². The molecule has 0 saturated heterocycles. The molecule has 1 aromatic carbocycles. The molecule has 0 unspecified atom stereocenters. The van der Waals surface area contributed by atoms with E-state index in [0.29, 0.717) is 11.6 Å². The van der Waals surface area contributed by atoms with E-state index in [4.69, 9.17) is 9.47 Å². The van der Waals surface area contributed by atoms with Gasteiger partial charge in [-0.05, 0) is 44.0 Å². The van der Waals surface area contributed by atoms with E-state index in [9.17, 15) is 4.79 Å². The van der Waals surface area contributed by atoms with Gasteiger partial charge in [-0.15, -0.1) is 0 Å². The Bertz CT molecular complexity index is 522. The summed E-state index contributed by atoms with van der Waals surface area (Å²) >= 11 is 6.81. The lowest BCUT2D eigenvalue weighted by atomic mass is 10.2. The first-order valence-electron chi connectivity index (χ1n) is 5.38. The molecule has 1 atom stereocenters. The Kier molecular flexibility index (Phi) is 4.46. The lowest BCUT2D eigenvalue weighted by Crippen LogP contribution is -2.21. The maximum absolute atomic E-state index is 11.4. The number of hydrogen-bond donors (Lipinski definition) is 0. The monoisotopic (exact) mass is 391 g/mol. The average molecular weight is 393 g/mol. The van der Waals surface area contributed by atoms with Crippen LogP contribution in [0.4, 0.5) is 0 Å². The summed E-state index contributed by atoms with van der Waals surface area (Å²) in [7, 11) is 2.91. The zero-order valence-electron chi connectivity index (χ0n) is 10.3. The standard InChI is InChI=1S/C12H11Br2NO4/c1-17-10-7(13)3-6(4-8(10)14)11-15-9(5-19-11)12(16)18-2/h3-4,9H,5H2,1-2H3/t9-/m1/s1. The molecule has 1 aliphatic heterocycles. The van der Waals surface area contributed by atoms with Crippen molar-refractivity contribution in [2.45, 2.75) is 6.04 Å². The van der Waals surface area contributed by atoms with Crippen molar-refractivity contribution in [2.75, 3.05) is 20.8 Å². The highest BCUT2D eigenvalue weighted by Gasteiger charge is 2.27. The Balaban J connectivity index is 2.31. The molecule has 0 aromatic heterocycles. The van der Waals surface area contributed by atoms with E-state index in [2.05, 4.69) is 41.6 Å². The van der Waals surface area contributed by atoms with E-state index in [-0.39, 0.29) is 6.61 Å².